The van der Waals surface area contributed by atoms with Gasteiger partial charge in [0.1, 0.15) is 0 Å². The molecule has 0 aliphatic carbocycles. The topological polar surface area (TPSA) is 33.1 Å². The van der Waals surface area contributed by atoms with Gasteiger partial charge in [0.15, 0.2) is 0 Å². The standard InChI is InChI=1S/C15H16BrNO/c1-2-11-3-5-12(6-4-11)9-15(18)14-8-7-13(16)10-17-14/h3-8,10,15,18H,2,9H2,1H3. The highest BCUT2D eigenvalue weighted by Crippen LogP contribution is 2.18. The minimum Gasteiger partial charge on any atom is -0.386 e. The summed E-state index contributed by atoms with van der Waals surface area (Å²) in [6, 6.07) is 12.1. The molecule has 1 unspecified atom stereocenters. The van der Waals surface area contributed by atoms with Crippen molar-refractivity contribution in [3.8, 4) is 0 Å². The summed E-state index contributed by atoms with van der Waals surface area (Å²) in [4.78, 5) is 4.21. The summed E-state index contributed by atoms with van der Waals surface area (Å²) in [6.45, 7) is 2.13. The Bertz CT molecular complexity index is 493. The summed E-state index contributed by atoms with van der Waals surface area (Å²) in [5.41, 5.74) is 3.15. The summed E-state index contributed by atoms with van der Waals surface area (Å²) < 4.78 is 0.922. The molecular weight excluding hydrogens is 290 g/mol. The molecule has 18 heavy (non-hydrogen) atoms. The van der Waals surface area contributed by atoms with Gasteiger partial charge in [0, 0.05) is 17.1 Å². The second-order valence-corrected chi connectivity index (χ2v) is 5.21. The number of aryl methyl sites for hydroxylation is 1. The molecule has 2 nitrogen and oxygen atoms in total. The molecule has 1 atom stereocenters. The van der Waals surface area contributed by atoms with Crippen LogP contribution in [-0.2, 0) is 12.8 Å². The number of halogens is 1. The van der Waals surface area contributed by atoms with Crippen LogP contribution in [0.15, 0.2) is 47.1 Å². The van der Waals surface area contributed by atoms with Crippen LogP contribution in [0.4, 0.5) is 0 Å². The van der Waals surface area contributed by atoms with Gasteiger partial charge in [0.05, 0.1) is 11.8 Å². The number of aromatic nitrogens is 1. The van der Waals surface area contributed by atoms with Crippen molar-refractivity contribution in [2.24, 2.45) is 0 Å². The fraction of sp³-hybridized carbons (Fsp3) is 0.267. The van der Waals surface area contributed by atoms with Crippen LogP contribution in [0.5, 0.6) is 0 Å². The molecule has 1 aromatic heterocycles. The quantitative estimate of drug-likeness (QED) is 0.934. The number of nitrogens with zero attached hydrogens (tertiary/aromatic N) is 1. The van der Waals surface area contributed by atoms with E-state index in [0.29, 0.717) is 12.1 Å². The molecule has 2 rings (SSSR count). The first kappa shape index (κ1) is 13.2. The largest absolute Gasteiger partial charge is 0.386 e. The minimum atomic E-state index is -0.550. The SMILES string of the molecule is CCc1ccc(CC(O)c2ccc(Br)cn2)cc1. The van der Waals surface area contributed by atoms with E-state index in [1.807, 2.05) is 12.1 Å². The van der Waals surface area contributed by atoms with Crippen molar-refractivity contribution in [2.75, 3.05) is 0 Å². The molecule has 0 spiro atoms. The monoisotopic (exact) mass is 305 g/mol. The number of hydrogen-bond acceptors (Lipinski definition) is 2. The molecule has 3 heteroatoms. The highest BCUT2D eigenvalue weighted by molar-refractivity contribution is 9.10. The number of benzene rings is 1. The predicted octanol–water partition coefficient (Wildman–Crippen LogP) is 3.68. The van der Waals surface area contributed by atoms with Gasteiger partial charge in [-0.25, -0.2) is 0 Å². The van der Waals surface area contributed by atoms with Gasteiger partial charge >= 0.3 is 0 Å². The molecule has 0 bridgehead atoms. The first-order valence-corrected chi connectivity index (χ1v) is 6.85. The maximum absolute atomic E-state index is 10.1. The fourth-order valence-electron chi connectivity index (χ4n) is 1.82. The minimum absolute atomic E-state index is 0.550. The molecular formula is C15H16BrNO. The molecule has 2 aromatic rings. The smallest absolute Gasteiger partial charge is 0.0999 e. The van der Waals surface area contributed by atoms with Gasteiger partial charge in [-0.1, -0.05) is 31.2 Å². The van der Waals surface area contributed by atoms with Crippen LogP contribution in [-0.4, -0.2) is 10.1 Å². The molecule has 1 heterocycles. The van der Waals surface area contributed by atoms with E-state index in [1.54, 1.807) is 6.20 Å². The highest BCUT2D eigenvalue weighted by atomic mass is 79.9. The van der Waals surface area contributed by atoms with Crippen LogP contribution in [0, 0.1) is 0 Å². The molecule has 1 aromatic carbocycles. The highest BCUT2D eigenvalue weighted by Gasteiger charge is 2.09. The van der Waals surface area contributed by atoms with Gasteiger partial charge in [-0.15, -0.1) is 0 Å². The van der Waals surface area contributed by atoms with Crippen LogP contribution in [0.2, 0.25) is 0 Å². The van der Waals surface area contributed by atoms with E-state index in [2.05, 4.69) is 52.1 Å². The van der Waals surface area contributed by atoms with Crippen molar-refractivity contribution in [1.29, 1.82) is 0 Å². The molecule has 0 radical (unpaired) electrons. The van der Waals surface area contributed by atoms with Crippen LogP contribution in [0.3, 0.4) is 0 Å². The third kappa shape index (κ3) is 3.40. The van der Waals surface area contributed by atoms with E-state index >= 15 is 0 Å². The van der Waals surface area contributed by atoms with Gasteiger partial charge in [-0.2, -0.15) is 0 Å². The zero-order chi connectivity index (χ0) is 13.0. The molecule has 0 fully saturated rings. The van der Waals surface area contributed by atoms with Crippen molar-refractivity contribution in [3.63, 3.8) is 0 Å². The first-order chi connectivity index (χ1) is 8.69. The van der Waals surface area contributed by atoms with Crippen LogP contribution < -0.4 is 0 Å². The average molecular weight is 306 g/mol. The normalized spacial score (nSPS) is 12.4. The van der Waals surface area contributed by atoms with Crippen LogP contribution >= 0.6 is 15.9 Å². The predicted molar refractivity (Wildman–Crippen MR) is 76.4 cm³/mol. The fourth-order valence-corrected chi connectivity index (χ4v) is 2.06. The molecule has 0 aliphatic rings. The van der Waals surface area contributed by atoms with Crippen molar-refractivity contribution in [2.45, 2.75) is 25.9 Å². The maximum atomic E-state index is 10.1. The number of aliphatic hydroxyl groups is 1. The van der Waals surface area contributed by atoms with Gasteiger partial charge in [0.25, 0.3) is 0 Å². The first-order valence-electron chi connectivity index (χ1n) is 6.06. The van der Waals surface area contributed by atoms with E-state index in [1.165, 1.54) is 5.56 Å². The number of rotatable bonds is 4. The summed E-state index contributed by atoms with van der Waals surface area (Å²) in [5.74, 6) is 0. The summed E-state index contributed by atoms with van der Waals surface area (Å²) in [6.07, 6.45) is 2.79. The molecule has 1 N–H and O–H groups in total. The Morgan fingerprint density at radius 1 is 1.11 bits per heavy atom. The molecule has 0 amide bonds. The van der Waals surface area contributed by atoms with Crippen LogP contribution in [0.25, 0.3) is 0 Å². The molecule has 94 valence electrons. The van der Waals surface area contributed by atoms with Crippen molar-refractivity contribution in [1.82, 2.24) is 4.98 Å². The lowest BCUT2D eigenvalue weighted by molar-refractivity contribution is 0.173. The van der Waals surface area contributed by atoms with E-state index in [4.69, 9.17) is 0 Å². The lowest BCUT2D eigenvalue weighted by Gasteiger charge is -2.10. The van der Waals surface area contributed by atoms with Crippen molar-refractivity contribution >= 4 is 15.9 Å². The van der Waals surface area contributed by atoms with Gasteiger partial charge in [0.2, 0.25) is 0 Å². The van der Waals surface area contributed by atoms with Crippen LogP contribution in [0.1, 0.15) is 29.8 Å². The van der Waals surface area contributed by atoms with E-state index < -0.39 is 6.10 Å². The lowest BCUT2D eigenvalue weighted by Crippen LogP contribution is -2.04. The zero-order valence-electron chi connectivity index (χ0n) is 10.3. The maximum Gasteiger partial charge on any atom is 0.0999 e. The third-order valence-electron chi connectivity index (χ3n) is 2.95. The van der Waals surface area contributed by atoms with E-state index in [-0.39, 0.29) is 0 Å². The Kier molecular flexibility index (Phi) is 4.50. The average Bonchev–Trinajstić information content (AvgIpc) is 2.40. The summed E-state index contributed by atoms with van der Waals surface area (Å²) in [7, 11) is 0. The summed E-state index contributed by atoms with van der Waals surface area (Å²) in [5, 5.41) is 10.1. The molecule has 0 aliphatic heterocycles. The molecule has 0 saturated heterocycles. The Hall–Kier alpha value is -1.19. The van der Waals surface area contributed by atoms with E-state index in [0.717, 1.165) is 16.5 Å². The Labute approximate surface area is 116 Å². The number of hydrogen-bond donors (Lipinski definition) is 1. The summed E-state index contributed by atoms with van der Waals surface area (Å²) >= 11 is 3.33. The van der Waals surface area contributed by atoms with Gasteiger partial charge in [-0.3, -0.25) is 4.98 Å². The Morgan fingerprint density at radius 2 is 1.78 bits per heavy atom. The zero-order valence-corrected chi connectivity index (χ0v) is 11.9. The Balaban J connectivity index is 2.05. The van der Waals surface area contributed by atoms with Crippen molar-refractivity contribution in [3.05, 3.63) is 63.9 Å². The van der Waals surface area contributed by atoms with Gasteiger partial charge < -0.3 is 5.11 Å². The number of aliphatic hydroxyl groups excluding tert-OH is 1. The molecule has 0 saturated carbocycles. The number of pyridine rings is 1. The second kappa shape index (κ2) is 6.12. The lowest BCUT2D eigenvalue weighted by atomic mass is 10.0. The Morgan fingerprint density at radius 3 is 2.33 bits per heavy atom. The second-order valence-electron chi connectivity index (χ2n) is 4.29. The third-order valence-corrected chi connectivity index (χ3v) is 3.42. The van der Waals surface area contributed by atoms with Gasteiger partial charge in [-0.05, 0) is 45.6 Å². The van der Waals surface area contributed by atoms with Crippen molar-refractivity contribution < 1.29 is 5.11 Å². The van der Waals surface area contributed by atoms with E-state index in [9.17, 15) is 5.11 Å².